The van der Waals surface area contributed by atoms with Crippen molar-refractivity contribution >= 4 is 11.6 Å². The highest BCUT2D eigenvalue weighted by Gasteiger charge is 2.31. The van der Waals surface area contributed by atoms with Crippen molar-refractivity contribution in [3.05, 3.63) is 28.8 Å². The van der Waals surface area contributed by atoms with Crippen LogP contribution in [0.5, 0.6) is 5.75 Å². The zero-order chi connectivity index (χ0) is 13.8. The molecule has 3 nitrogen and oxygen atoms in total. The molecule has 19 heavy (non-hydrogen) atoms. The van der Waals surface area contributed by atoms with Gasteiger partial charge in [-0.1, -0.05) is 18.5 Å². The molecule has 2 N–H and O–H groups in total. The Bertz CT molecular complexity index is 425. The Labute approximate surface area is 119 Å². The Kier molecular flexibility index (Phi) is 5.08. The van der Waals surface area contributed by atoms with Crippen LogP contribution >= 0.6 is 11.6 Å². The summed E-state index contributed by atoms with van der Waals surface area (Å²) in [5.74, 6) is 2.39. The minimum atomic E-state index is -0.481. The lowest BCUT2D eigenvalue weighted by Gasteiger charge is -2.13. The molecule has 3 atom stereocenters. The van der Waals surface area contributed by atoms with Gasteiger partial charge in [0.15, 0.2) is 0 Å². The molecule has 0 amide bonds. The van der Waals surface area contributed by atoms with E-state index in [1.54, 1.807) is 0 Å². The van der Waals surface area contributed by atoms with E-state index in [1.165, 1.54) is 6.42 Å². The molecule has 1 aromatic carbocycles. The summed E-state index contributed by atoms with van der Waals surface area (Å²) in [6.45, 7) is 6.07. The molecule has 1 aliphatic carbocycles. The monoisotopic (exact) mass is 283 g/mol. The van der Waals surface area contributed by atoms with Crippen molar-refractivity contribution in [3.8, 4) is 5.75 Å². The summed E-state index contributed by atoms with van der Waals surface area (Å²) in [4.78, 5) is 0. The van der Waals surface area contributed by atoms with Gasteiger partial charge in [0.1, 0.15) is 18.5 Å². The lowest BCUT2D eigenvalue weighted by molar-refractivity contribution is 0.106. The second-order valence-electron chi connectivity index (χ2n) is 5.51. The maximum absolute atomic E-state index is 9.82. The van der Waals surface area contributed by atoms with Gasteiger partial charge in [0, 0.05) is 11.6 Å². The maximum Gasteiger partial charge on any atom is 0.119 e. The van der Waals surface area contributed by atoms with Crippen LogP contribution in [0.25, 0.3) is 0 Å². The molecule has 1 saturated carbocycles. The molecule has 0 aromatic heterocycles. The van der Waals surface area contributed by atoms with Gasteiger partial charge in [-0.2, -0.15) is 0 Å². The van der Waals surface area contributed by atoms with Gasteiger partial charge in [-0.3, -0.25) is 0 Å². The molecule has 0 radical (unpaired) electrons. The van der Waals surface area contributed by atoms with Crippen LogP contribution in [0.15, 0.2) is 18.2 Å². The molecular weight excluding hydrogens is 262 g/mol. The predicted molar refractivity (Wildman–Crippen MR) is 77.8 cm³/mol. The largest absolute Gasteiger partial charge is 0.491 e. The van der Waals surface area contributed by atoms with Crippen LogP contribution in [0.1, 0.15) is 18.9 Å². The van der Waals surface area contributed by atoms with Crippen molar-refractivity contribution < 1.29 is 9.84 Å². The fourth-order valence-corrected chi connectivity index (χ4v) is 2.19. The van der Waals surface area contributed by atoms with Gasteiger partial charge < -0.3 is 15.2 Å². The minimum Gasteiger partial charge on any atom is -0.491 e. The van der Waals surface area contributed by atoms with Gasteiger partial charge in [-0.15, -0.1) is 0 Å². The van der Waals surface area contributed by atoms with Crippen LogP contribution < -0.4 is 10.1 Å². The molecule has 0 spiro atoms. The molecule has 0 heterocycles. The summed E-state index contributed by atoms with van der Waals surface area (Å²) in [5, 5.41) is 13.8. The van der Waals surface area contributed by atoms with E-state index in [-0.39, 0.29) is 0 Å². The number of aryl methyl sites for hydroxylation is 1. The molecular formula is C15H22ClNO2. The number of ether oxygens (including phenoxy) is 1. The van der Waals surface area contributed by atoms with Gasteiger partial charge in [0.2, 0.25) is 0 Å². The highest BCUT2D eigenvalue weighted by molar-refractivity contribution is 6.31. The first-order valence-electron chi connectivity index (χ1n) is 6.84. The lowest BCUT2D eigenvalue weighted by Crippen LogP contribution is -2.32. The van der Waals surface area contributed by atoms with Gasteiger partial charge in [0.05, 0.1) is 0 Å². The number of hydrogen-bond donors (Lipinski definition) is 2. The van der Waals surface area contributed by atoms with Crippen molar-refractivity contribution in [1.82, 2.24) is 5.32 Å². The van der Waals surface area contributed by atoms with Crippen LogP contribution in [-0.4, -0.2) is 30.9 Å². The Hall–Kier alpha value is -0.770. The third-order valence-corrected chi connectivity index (χ3v) is 4.06. The first-order valence-corrected chi connectivity index (χ1v) is 7.22. The summed E-state index contributed by atoms with van der Waals surface area (Å²) in [5.41, 5.74) is 0.981. The van der Waals surface area contributed by atoms with Crippen molar-refractivity contribution in [2.45, 2.75) is 26.4 Å². The number of halogens is 1. The standard InChI is InChI=1S/C15H22ClNO2/c1-10-5-12(10)7-17-8-13(18)9-19-14-3-4-15(16)11(2)6-14/h3-4,6,10,12-13,17-18H,5,7-9H2,1-2H3. The fraction of sp³-hybridized carbons (Fsp3) is 0.600. The van der Waals surface area contributed by atoms with E-state index in [0.717, 1.165) is 34.7 Å². The lowest BCUT2D eigenvalue weighted by atomic mass is 10.2. The molecule has 0 bridgehead atoms. The number of hydrogen-bond acceptors (Lipinski definition) is 3. The average molecular weight is 284 g/mol. The van der Waals surface area contributed by atoms with Gasteiger partial charge in [0.25, 0.3) is 0 Å². The second-order valence-corrected chi connectivity index (χ2v) is 5.91. The van der Waals surface area contributed by atoms with E-state index in [0.29, 0.717) is 13.2 Å². The number of aliphatic hydroxyl groups excluding tert-OH is 1. The van der Waals surface area contributed by atoms with Gasteiger partial charge in [-0.25, -0.2) is 0 Å². The Morgan fingerprint density at radius 3 is 2.89 bits per heavy atom. The SMILES string of the molecule is Cc1cc(OCC(O)CNCC2CC2C)ccc1Cl. The van der Waals surface area contributed by atoms with Crippen LogP contribution in [-0.2, 0) is 0 Å². The molecule has 1 aliphatic rings. The normalized spacial score (nSPS) is 23.2. The van der Waals surface area contributed by atoms with Crippen molar-refractivity contribution in [2.75, 3.05) is 19.7 Å². The molecule has 1 aromatic rings. The van der Waals surface area contributed by atoms with E-state index in [9.17, 15) is 5.11 Å². The fourth-order valence-electron chi connectivity index (χ4n) is 2.08. The first-order chi connectivity index (χ1) is 9.06. The molecule has 106 valence electrons. The highest BCUT2D eigenvalue weighted by Crippen LogP contribution is 2.36. The van der Waals surface area contributed by atoms with Gasteiger partial charge >= 0.3 is 0 Å². The molecule has 0 saturated heterocycles. The quantitative estimate of drug-likeness (QED) is 0.808. The third kappa shape index (κ3) is 4.68. The topological polar surface area (TPSA) is 41.5 Å². The van der Waals surface area contributed by atoms with Crippen molar-refractivity contribution in [1.29, 1.82) is 0 Å². The van der Waals surface area contributed by atoms with Crippen LogP contribution in [0.2, 0.25) is 5.02 Å². The molecule has 1 fully saturated rings. The van der Waals surface area contributed by atoms with Crippen LogP contribution in [0, 0.1) is 18.8 Å². The smallest absolute Gasteiger partial charge is 0.119 e. The summed E-state index contributed by atoms with van der Waals surface area (Å²) in [6.07, 6.45) is 0.828. The van der Waals surface area contributed by atoms with E-state index in [2.05, 4.69) is 12.2 Å². The van der Waals surface area contributed by atoms with E-state index in [1.807, 2.05) is 25.1 Å². The molecule has 3 unspecified atom stereocenters. The maximum atomic E-state index is 9.82. The number of rotatable bonds is 7. The summed E-state index contributed by atoms with van der Waals surface area (Å²) in [7, 11) is 0. The Morgan fingerprint density at radius 1 is 1.53 bits per heavy atom. The second kappa shape index (κ2) is 6.60. The van der Waals surface area contributed by atoms with E-state index < -0.39 is 6.10 Å². The van der Waals surface area contributed by atoms with E-state index >= 15 is 0 Å². The van der Waals surface area contributed by atoms with Crippen LogP contribution in [0.3, 0.4) is 0 Å². The number of benzene rings is 1. The minimum absolute atomic E-state index is 0.300. The number of nitrogens with one attached hydrogen (secondary N) is 1. The molecule has 4 heteroatoms. The Morgan fingerprint density at radius 2 is 2.26 bits per heavy atom. The number of aliphatic hydroxyl groups is 1. The van der Waals surface area contributed by atoms with Crippen LogP contribution in [0.4, 0.5) is 0 Å². The van der Waals surface area contributed by atoms with Gasteiger partial charge in [-0.05, 0) is 55.5 Å². The first kappa shape index (κ1) is 14.6. The summed E-state index contributed by atoms with van der Waals surface area (Å²) >= 11 is 5.94. The Balaban J connectivity index is 1.64. The highest BCUT2D eigenvalue weighted by atomic mass is 35.5. The molecule has 2 rings (SSSR count). The van der Waals surface area contributed by atoms with Crippen molar-refractivity contribution in [3.63, 3.8) is 0 Å². The summed E-state index contributed by atoms with van der Waals surface area (Å²) < 4.78 is 5.55. The zero-order valence-electron chi connectivity index (χ0n) is 11.5. The third-order valence-electron chi connectivity index (χ3n) is 3.63. The van der Waals surface area contributed by atoms with E-state index in [4.69, 9.17) is 16.3 Å². The van der Waals surface area contributed by atoms with Crippen molar-refractivity contribution in [2.24, 2.45) is 11.8 Å². The molecule has 0 aliphatic heterocycles. The average Bonchev–Trinajstić information content (AvgIpc) is 3.07. The zero-order valence-corrected chi connectivity index (χ0v) is 12.3. The predicted octanol–water partition coefficient (Wildman–Crippen LogP) is 2.63. The summed E-state index contributed by atoms with van der Waals surface area (Å²) in [6, 6.07) is 5.51.